The summed E-state index contributed by atoms with van der Waals surface area (Å²) in [5.74, 6) is 0.403. The molecule has 0 unspecified atom stereocenters. The monoisotopic (exact) mass is 693 g/mol. The number of thioether (sulfide) groups is 1. The van der Waals surface area contributed by atoms with E-state index in [1.807, 2.05) is 104 Å². The van der Waals surface area contributed by atoms with Crippen molar-refractivity contribution in [1.29, 1.82) is 0 Å². The number of methoxy groups -OCH3 is 1. The maximum absolute atomic E-state index is 13.7. The molecule has 0 bridgehead atoms. The number of amides is 3. The van der Waals surface area contributed by atoms with Gasteiger partial charge in [-0.1, -0.05) is 78.9 Å². The number of hydrogen-bond donors (Lipinski definition) is 3. The summed E-state index contributed by atoms with van der Waals surface area (Å²) >= 11 is 1.41. The summed E-state index contributed by atoms with van der Waals surface area (Å²) in [4.78, 5) is 41.2. The van der Waals surface area contributed by atoms with Gasteiger partial charge in [0, 0.05) is 27.9 Å². The summed E-state index contributed by atoms with van der Waals surface area (Å²) in [6.07, 6.45) is 1.48. The van der Waals surface area contributed by atoms with E-state index in [9.17, 15) is 14.4 Å². The molecule has 0 saturated heterocycles. The summed E-state index contributed by atoms with van der Waals surface area (Å²) in [5, 5.41) is 8.17. The van der Waals surface area contributed by atoms with Gasteiger partial charge >= 0.3 is 0 Å². The normalized spacial score (nSPS) is 11.7. The molecule has 3 N–H and O–H groups in total. The van der Waals surface area contributed by atoms with Crippen molar-refractivity contribution < 1.29 is 23.5 Å². The van der Waals surface area contributed by atoms with Gasteiger partial charge < -0.3 is 25.1 Å². The summed E-state index contributed by atoms with van der Waals surface area (Å²) in [6.45, 7) is 1.95. The van der Waals surface area contributed by atoms with Crippen LogP contribution in [0.1, 0.15) is 32.5 Å². The lowest BCUT2D eigenvalue weighted by atomic mass is 10.1. The Morgan fingerprint density at radius 2 is 1.39 bits per heavy atom. The third-order valence-corrected chi connectivity index (χ3v) is 9.19. The molecule has 51 heavy (non-hydrogen) atoms. The van der Waals surface area contributed by atoms with Crippen molar-refractivity contribution in [3.8, 4) is 17.1 Å². The smallest absolute Gasteiger partial charge is 0.272 e. The van der Waals surface area contributed by atoms with Crippen LogP contribution in [0.15, 0.2) is 161 Å². The van der Waals surface area contributed by atoms with Gasteiger partial charge in [-0.2, -0.15) is 0 Å². The molecular formula is C42H35N3O5S. The van der Waals surface area contributed by atoms with Crippen LogP contribution in [0.25, 0.3) is 17.4 Å². The Morgan fingerprint density at radius 3 is 2.12 bits per heavy atom. The number of furan rings is 1. The Bertz CT molecular complexity index is 2160. The first-order valence-corrected chi connectivity index (χ1v) is 17.1. The first-order chi connectivity index (χ1) is 24.9. The van der Waals surface area contributed by atoms with Crippen molar-refractivity contribution in [1.82, 2.24) is 5.32 Å². The second-order valence-electron chi connectivity index (χ2n) is 11.5. The van der Waals surface area contributed by atoms with Crippen LogP contribution in [0.3, 0.4) is 0 Å². The van der Waals surface area contributed by atoms with Gasteiger partial charge in [0.05, 0.1) is 12.7 Å². The maximum atomic E-state index is 13.7. The highest BCUT2D eigenvalue weighted by molar-refractivity contribution is 8.00. The van der Waals surface area contributed by atoms with Crippen LogP contribution in [-0.4, -0.2) is 24.8 Å². The standard InChI is InChI=1S/C42H35N3O5S/c1-28-13-9-11-19-35(28)44-42(48)39(29-14-5-3-6-15-29)51-33-24-21-31(22-25-33)43-41(47)36(45-40(46)30-16-7-4-8-17-30)27-32-23-26-38(50-32)34-18-10-12-20-37(34)49-2/h3-27,39H,1-2H3,(H,43,47)(H,44,48)(H,45,46)/b36-27-/t39-/m1/s1. The average molecular weight is 694 g/mol. The van der Waals surface area contributed by atoms with Crippen LogP contribution >= 0.6 is 11.8 Å². The van der Waals surface area contributed by atoms with Crippen LogP contribution in [0, 0.1) is 6.92 Å². The average Bonchev–Trinajstić information content (AvgIpc) is 3.64. The number of para-hydroxylation sites is 2. The van der Waals surface area contributed by atoms with E-state index >= 15 is 0 Å². The summed E-state index contributed by atoms with van der Waals surface area (Å²) < 4.78 is 11.5. The molecule has 9 heteroatoms. The highest BCUT2D eigenvalue weighted by Crippen LogP contribution is 2.37. The largest absolute Gasteiger partial charge is 0.496 e. The maximum Gasteiger partial charge on any atom is 0.272 e. The fraction of sp³-hybridized carbons (Fsp3) is 0.0714. The molecule has 0 spiro atoms. The molecule has 3 amide bonds. The molecule has 1 aromatic heterocycles. The van der Waals surface area contributed by atoms with E-state index in [1.165, 1.54) is 17.8 Å². The molecule has 0 aliphatic rings. The summed E-state index contributed by atoms with van der Waals surface area (Å²) in [5.41, 5.74) is 4.22. The number of anilines is 2. The minimum atomic E-state index is -0.547. The van der Waals surface area contributed by atoms with Crippen molar-refractivity contribution in [3.63, 3.8) is 0 Å². The molecule has 8 nitrogen and oxygen atoms in total. The molecule has 1 heterocycles. The Morgan fingerprint density at radius 1 is 0.725 bits per heavy atom. The first kappa shape index (κ1) is 34.5. The zero-order chi connectivity index (χ0) is 35.6. The molecule has 254 valence electrons. The molecule has 0 saturated carbocycles. The summed E-state index contributed by atoms with van der Waals surface area (Å²) in [6, 6.07) is 44.0. The van der Waals surface area contributed by atoms with Crippen molar-refractivity contribution >= 4 is 46.9 Å². The third kappa shape index (κ3) is 8.83. The molecule has 6 rings (SSSR count). The van der Waals surface area contributed by atoms with Gasteiger partial charge in [-0.05, 0) is 84.8 Å². The lowest BCUT2D eigenvalue weighted by Gasteiger charge is -2.18. The predicted octanol–water partition coefficient (Wildman–Crippen LogP) is 9.15. The quantitative estimate of drug-likeness (QED) is 0.0872. The molecule has 6 aromatic rings. The molecule has 0 aliphatic heterocycles. The van der Waals surface area contributed by atoms with Crippen LogP contribution in [0.5, 0.6) is 5.75 Å². The molecule has 1 atom stereocenters. The van der Waals surface area contributed by atoms with Gasteiger partial charge in [0.25, 0.3) is 11.8 Å². The second kappa shape index (κ2) is 16.4. The molecule has 0 aliphatic carbocycles. The molecule has 0 fully saturated rings. The number of ether oxygens (including phenoxy) is 1. The fourth-order valence-electron chi connectivity index (χ4n) is 5.27. The number of aryl methyl sites for hydroxylation is 1. The van der Waals surface area contributed by atoms with Crippen LogP contribution in [-0.2, 0) is 9.59 Å². The zero-order valence-electron chi connectivity index (χ0n) is 28.0. The number of rotatable bonds is 12. The molecule has 0 radical (unpaired) electrons. The Kier molecular flexibility index (Phi) is 11.1. The Labute approximate surface area is 300 Å². The summed E-state index contributed by atoms with van der Waals surface area (Å²) in [7, 11) is 1.58. The highest BCUT2D eigenvalue weighted by Gasteiger charge is 2.23. The van der Waals surface area contributed by atoms with Crippen molar-refractivity contribution in [3.05, 3.63) is 174 Å². The zero-order valence-corrected chi connectivity index (χ0v) is 28.8. The number of carbonyl (C=O) groups excluding carboxylic acids is 3. The minimum Gasteiger partial charge on any atom is -0.496 e. The van der Waals surface area contributed by atoms with Crippen molar-refractivity contribution in [2.24, 2.45) is 0 Å². The van der Waals surface area contributed by atoms with E-state index in [0.29, 0.717) is 28.5 Å². The lowest BCUT2D eigenvalue weighted by Crippen LogP contribution is -2.30. The third-order valence-electron chi connectivity index (χ3n) is 7.92. The number of nitrogens with one attached hydrogen (secondary N) is 3. The molecular weight excluding hydrogens is 659 g/mol. The lowest BCUT2D eigenvalue weighted by molar-refractivity contribution is -0.116. The van der Waals surface area contributed by atoms with Gasteiger partial charge in [-0.25, -0.2) is 0 Å². The molecule has 5 aromatic carbocycles. The van der Waals surface area contributed by atoms with E-state index in [0.717, 1.165) is 27.3 Å². The van der Waals surface area contributed by atoms with E-state index in [1.54, 1.807) is 55.6 Å². The van der Waals surface area contributed by atoms with E-state index in [2.05, 4.69) is 16.0 Å². The topological polar surface area (TPSA) is 110 Å². The van der Waals surface area contributed by atoms with E-state index in [4.69, 9.17) is 9.15 Å². The fourth-order valence-corrected chi connectivity index (χ4v) is 6.30. The number of benzene rings is 5. The second-order valence-corrected chi connectivity index (χ2v) is 12.7. The van der Waals surface area contributed by atoms with Crippen LogP contribution < -0.4 is 20.7 Å². The highest BCUT2D eigenvalue weighted by atomic mass is 32.2. The van der Waals surface area contributed by atoms with E-state index in [-0.39, 0.29) is 11.6 Å². The van der Waals surface area contributed by atoms with Gasteiger partial charge in [0.15, 0.2) is 0 Å². The van der Waals surface area contributed by atoms with Crippen LogP contribution in [0.2, 0.25) is 0 Å². The van der Waals surface area contributed by atoms with Crippen molar-refractivity contribution in [2.45, 2.75) is 17.1 Å². The van der Waals surface area contributed by atoms with Crippen molar-refractivity contribution in [2.75, 3.05) is 17.7 Å². The van der Waals surface area contributed by atoms with Crippen LogP contribution in [0.4, 0.5) is 11.4 Å². The van der Waals surface area contributed by atoms with Gasteiger partial charge in [0.2, 0.25) is 5.91 Å². The Balaban J connectivity index is 1.21. The van der Waals surface area contributed by atoms with Gasteiger partial charge in [-0.15, -0.1) is 11.8 Å². The number of carbonyl (C=O) groups is 3. The first-order valence-electron chi connectivity index (χ1n) is 16.2. The minimum absolute atomic E-state index is 0.0137. The van der Waals surface area contributed by atoms with Gasteiger partial charge in [0.1, 0.15) is 28.2 Å². The van der Waals surface area contributed by atoms with Gasteiger partial charge in [-0.3, -0.25) is 14.4 Å². The van der Waals surface area contributed by atoms with E-state index < -0.39 is 17.1 Å². The number of hydrogen-bond acceptors (Lipinski definition) is 6. The SMILES string of the molecule is COc1ccccc1-c1ccc(/C=C(\NC(=O)c2ccccc2)C(=O)Nc2ccc(S[C@@H](C(=O)Nc3ccccc3C)c3ccccc3)cc2)o1. The Hall–Kier alpha value is -6.32. The predicted molar refractivity (Wildman–Crippen MR) is 203 cm³/mol.